The summed E-state index contributed by atoms with van der Waals surface area (Å²) >= 11 is 1.92. The van der Waals surface area contributed by atoms with Crippen LogP contribution >= 0.6 is 11.8 Å². The largest absolute Gasteiger partial charge is 0.0942 e. The van der Waals surface area contributed by atoms with Crippen molar-refractivity contribution in [2.75, 3.05) is 0 Å². The third-order valence-electron chi connectivity index (χ3n) is 3.85. The van der Waals surface area contributed by atoms with Crippen LogP contribution in [0.3, 0.4) is 0 Å². The maximum Gasteiger partial charge on any atom is 0.0154 e. The van der Waals surface area contributed by atoms with Gasteiger partial charge < -0.3 is 0 Å². The van der Waals surface area contributed by atoms with Crippen LogP contribution in [0.1, 0.15) is 30.0 Å². The van der Waals surface area contributed by atoms with Gasteiger partial charge in [0.25, 0.3) is 0 Å². The van der Waals surface area contributed by atoms with E-state index in [0.29, 0.717) is 0 Å². The molecule has 21 heavy (non-hydrogen) atoms. The van der Waals surface area contributed by atoms with Crippen molar-refractivity contribution in [2.24, 2.45) is 0 Å². The normalized spacial score (nSPS) is 16.3. The van der Waals surface area contributed by atoms with Crippen molar-refractivity contribution in [3.63, 3.8) is 0 Å². The van der Waals surface area contributed by atoms with Gasteiger partial charge in [-0.2, -0.15) is 0 Å². The molecule has 0 saturated carbocycles. The first-order chi connectivity index (χ1) is 10.2. The minimum absolute atomic E-state index is 1.01. The van der Waals surface area contributed by atoms with E-state index in [4.69, 9.17) is 0 Å². The predicted octanol–water partition coefficient (Wildman–Crippen LogP) is 6.02. The van der Waals surface area contributed by atoms with Crippen LogP contribution in [-0.2, 0) is 6.42 Å². The summed E-state index contributed by atoms with van der Waals surface area (Å²) in [7, 11) is 0. The Balaban J connectivity index is 1.65. The molecule has 0 unspecified atom stereocenters. The van der Waals surface area contributed by atoms with Gasteiger partial charge in [0.05, 0.1) is 0 Å². The molecule has 106 valence electrons. The quantitative estimate of drug-likeness (QED) is 0.666. The molecule has 0 atom stereocenters. The van der Waals surface area contributed by atoms with Gasteiger partial charge in [0.1, 0.15) is 0 Å². The van der Waals surface area contributed by atoms with Crippen LogP contribution in [0, 0.1) is 6.92 Å². The molecule has 1 heteroatoms. The van der Waals surface area contributed by atoms with Crippen LogP contribution in [0.25, 0.3) is 5.57 Å². The Morgan fingerprint density at radius 1 is 1.10 bits per heavy atom. The fraction of sp³-hybridized carbons (Fsp3) is 0.200. The Bertz CT molecular complexity index is 663. The highest BCUT2D eigenvalue weighted by atomic mass is 32.2. The van der Waals surface area contributed by atoms with Gasteiger partial charge in [0, 0.05) is 11.3 Å². The van der Waals surface area contributed by atoms with Crippen molar-refractivity contribution in [1.29, 1.82) is 0 Å². The van der Waals surface area contributed by atoms with Crippen LogP contribution in [0.2, 0.25) is 0 Å². The zero-order valence-electron chi connectivity index (χ0n) is 12.6. The third kappa shape index (κ3) is 3.48. The Morgan fingerprint density at radius 3 is 2.62 bits per heavy atom. The number of benzene rings is 2. The number of hydrogen-bond donors (Lipinski definition) is 0. The molecule has 2 aromatic carbocycles. The first kappa shape index (κ1) is 14.2. The van der Waals surface area contributed by atoms with Gasteiger partial charge in [-0.15, -0.1) is 0 Å². The highest BCUT2D eigenvalue weighted by Crippen LogP contribution is 2.39. The minimum Gasteiger partial charge on any atom is -0.0942 e. The summed E-state index contributed by atoms with van der Waals surface area (Å²) in [5, 5.41) is 0. The smallest absolute Gasteiger partial charge is 0.0154 e. The Hall–Kier alpha value is -1.73. The van der Waals surface area contributed by atoms with E-state index in [-0.39, 0.29) is 0 Å². The second kappa shape index (κ2) is 6.36. The van der Waals surface area contributed by atoms with E-state index < -0.39 is 0 Å². The molecule has 1 aliphatic heterocycles. The third-order valence-corrected chi connectivity index (χ3v) is 5.05. The molecule has 0 aromatic heterocycles. The SMILES string of the molecule is C/C(=C\CC=C1Cc2ccccc2S1)c1ccc(C)cc1. The number of rotatable bonds is 3. The van der Waals surface area contributed by atoms with Crippen LogP contribution < -0.4 is 0 Å². The van der Waals surface area contributed by atoms with Crippen molar-refractivity contribution in [1.82, 2.24) is 0 Å². The molecular formula is C20H20S. The van der Waals surface area contributed by atoms with E-state index in [0.717, 1.165) is 12.8 Å². The molecule has 0 radical (unpaired) electrons. The second-order valence-corrected chi connectivity index (χ2v) is 6.71. The van der Waals surface area contributed by atoms with Crippen molar-refractivity contribution in [2.45, 2.75) is 31.6 Å². The first-order valence-corrected chi connectivity index (χ1v) is 8.22. The zero-order valence-corrected chi connectivity index (χ0v) is 13.4. The standard InChI is InChI=1S/C20H20S/c1-15-10-12-17(13-11-15)16(2)6-5-8-19-14-18-7-3-4-9-20(18)21-19/h3-4,6-13H,5,14H2,1-2H3/b16-6+,19-8?. The first-order valence-electron chi connectivity index (χ1n) is 7.41. The molecule has 2 aromatic rings. The van der Waals surface area contributed by atoms with Crippen LogP contribution in [0.4, 0.5) is 0 Å². The maximum atomic E-state index is 2.36. The molecule has 0 nitrogen and oxygen atoms in total. The van der Waals surface area contributed by atoms with Gasteiger partial charge in [-0.1, -0.05) is 71.9 Å². The molecule has 0 aliphatic carbocycles. The maximum absolute atomic E-state index is 2.36. The lowest BCUT2D eigenvalue weighted by molar-refractivity contribution is 1.19. The Kier molecular flexibility index (Phi) is 4.31. The monoisotopic (exact) mass is 292 g/mol. The average Bonchev–Trinajstić information content (AvgIpc) is 2.90. The molecular weight excluding hydrogens is 272 g/mol. The molecule has 0 spiro atoms. The summed E-state index contributed by atoms with van der Waals surface area (Å²) < 4.78 is 0. The molecule has 0 N–H and O–H groups in total. The average molecular weight is 292 g/mol. The van der Waals surface area contributed by atoms with Gasteiger partial charge in [-0.05, 0) is 47.9 Å². The molecule has 0 saturated heterocycles. The van der Waals surface area contributed by atoms with Crippen molar-refractivity contribution < 1.29 is 0 Å². The van der Waals surface area contributed by atoms with E-state index in [1.54, 1.807) is 0 Å². The Morgan fingerprint density at radius 2 is 1.86 bits per heavy atom. The van der Waals surface area contributed by atoms with Crippen LogP contribution in [0.5, 0.6) is 0 Å². The van der Waals surface area contributed by atoms with E-state index in [1.165, 1.54) is 32.1 Å². The highest BCUT2D eigenvalue weighted by molar-refractivity contribution is 8.03. The number of allylic oxidation sites excluding steroid dienone is 4. The Labute approximate surface area is 131 Å². The van der Waals surface area contributed by atoms with E-state index in [1.807, 2.05) is 11.8 Å². The molecule has 0 fully saturated rings. The van der Waals surface area contributed by atoms with Crippen molar-refractivity contribution >= 4 is 17.3 Å². The van der Waals surface area contributed by atoms with Gasteiger partial charge in [0.15, 0.2) is 0 Å². The topological polar surface area (TPSA) is 0 Å². The lowest BCUT2D eigenvalue weighted by Gasteiger charge is -2.02. The molecule has 1 aliphatic rings. The molecule has 1 heterocycles. The summed E-state index contributed by atoms with van der Waals surface area (Å²) in [6.45, 7) is 4.32. The van der Waals surface area contributed by atoms with Gasteiger partial charge in [0.2, 0.25) is 0 Å². The summed E-state index contributed by atoms with van der Waals surface area (Å²) in [6, 6.07) is 17.5. The molecule has 0 bridgehead atoms. The number of aryl methyl sites for hydroxylation is 1. The van der Waals surface area contributed by atoms with Crippen molar-refractivity contribution in [3.8, 4) is 0 Å². The second-order valence-electron chi connectivity index (χ2n) is 5.55. The summed E-state index contributed by atoms with van der Waals surface area (Å²) in [5.74, 6) is 0. The summed E-state index contributed by atoms with van der Waals surface area (Å²) in [6.07, 6.45) is 6.79. The summed E-state index contributed by atoms with van der Waals surface area (Å²) in [5.41, 5.74) is 5.45. The fourth-order valence-electron chi connectivity index (χ4n) is 2.53. The van der Waals surface area contributed by atoms with E-state index in [9.17, 15) is 0 Å². The van der Waals surface area contributed by atoms with Crippen molar-refractivity contribution in [3.05, 3.63) is 82.3 Å². The fourth-order valence-corrected chi connectivity index (χ4v) is 3.64. The summed E-state index contributed by atoms with van der Waals surface area (Å²) in [4.78, 5) is 2.90. The van der Waals surface area contributed by atoms with E-state index >= 15 is 0 Å². The molecule has 0 amide bonds. The number of hydrogen-bond acceptors (Lipinski definition) is 1. The number of thioether (sulfide) groups is 1. The van der Waals surface area contributed by atoms with E-state index in [2.05, 4.69) is 74.5 Å². The zero-order chi connectivity index (χ0) is 14.7. The van der Waals surface area contributed by atoms with Gasteiger partial charge in [-0.3, -0.25) is 0 Å². The van der Waals surface area contributed by atoms with Gasteiger partial charge >= 0.3 is 0 Å². The van der Waals surface area contributed by atoms with Crippen LogP contribution in [-0.4, -0.2) is 0 Å². The minimum atomic E-state index is 1.01. The highest BCUT2D eigenvalue weighted by Gasteiger charge is 2.14. The lowest BCUT2D eigenvalue weighted by atomic mass is 10.0. The van der Waals surface area contributed by atoms with Gasteiger partial charge in [-0.25, -0.2) is 0 Å². The predicted molar refractivity (Wildman–Crippen MR) is 93.5 cm³/mol. The lowest BCUT2D eigenvalue weighted by Crippen LogP contribution is -1.81. The number of fused-ring (bicyclic) bond motifs is 1. The molecule has 3 rings (SSSR count). The van der Waals surface area contributed by atoms with Crippen LogP contribution in [0.15, 0.2) is 70.5 Å².